The molecular weight excluding hydrogens is 291 g/mol. The number of carbonyl (C=O) groups excluding carboxylic acids is 1. The molecule has 0 aliphatic carbocycles. The molecule has 0 aliphatic rings. The topological polar surface area (TPSA) is 78.4 Å². The Morgan fingerprint density at radius 3 is 2.68 bits per heavy atom. The van der Waals surface area contributed by atoms with Gasteiger partial charge >= 0.3 is 12.0 Å². The summed E-state index contributed by atoms with van der Waals surface area (Å²) in [4.78, 5) is 22.5. The Labute approximate surface area is 120 Å². The Hall–Kier alpha value is -1.72. The quantitative estimate of drug-likeness (QED) is 0.731. The fraction of sp³-hybridized carbons (Fsp3) is 0.167. The van der Waals surface area contributed by atoms with Gasteiger partial charge in [0.2, 0.25) is 0 Å². The molecule has 0 aliphatic heterocycles. The maximum absolute atomic E-state index is 11.6. The summed E-state index contributed by atoms with van der Waals surface area (Å²) in [5, 5.41) is 14.3. The average Bonchev–Trinajstić information content (AvgIpc) is 2.33. The number of aliphatic carboxylic acids is 1. The van der Waals surface area contributed by atoms with Crippen molar-refractivity contribution < 1.29 is 14.7 Å². The lowest BCUT2D eigenvalue weighted by molar-refractivity contribution is -0.139. The molecule has 0 heterocycles. The lowest BCUT2D eigenvalue weighted by Gasteiger charge is -2.14. The van der Waals surface area contributed by atoms with E-state index in [2.05, 4.69) is 17.2 Å². The van der Waals surface area contributed by atoms with Gasteiger partial charge in [0, 0.05) is 5.02 Å². The molecule has 7 heteroatoms. The number of carboxylic acids is 1. The molecule has 0 fully saturated rings. The predicted octanol–water partition coefficient (Wildman–Crippen LogP) is 3.14. The zero-order valence-corrected chi connectivity index (χ0v) is 11.3. The minimum Gasteiger partial charge on any atom is -0.480 e. The van der Waals surface area contributed by atoms with E-state index < -0.39 is 18.0 Å². The number of carbonyl (C=O) groups is 2. The standard InChI is InChI=1S/C12H12Cl2N2O3/c1-2-3-9(11(17)18)15-12(19)16-10-6-7(13)4-5-8(10)14/h2,4-6,9H,1,3H2,(H,17,18)(H2,15,16,19). The van der Waals surface area contributed by atoms with Gasteiger partial charge in [-0.1, -0.05) is 29.3 Å². The third-order valence-electron chi connectivity index (χ3n) is 2.18. The van der Waals surface area contributed by atoms with E-state index in [0.717, 1.165) is 0 Å². The molecule has 5 nitrogen and oxygen atoms in total. The van der Waals surface area contributed by atoms with Gasteiger partial charge in [-0.2, -0.15) is 0 Å². The molecule has 1 unspecified atom stereocenters. The molecule has 0 spiro atoms. The number of halogens is 2. The number of benzene rings is 1. The van der Waals surface area contributed by atoms with Gasteiger partial charge < -0.3 is 15.7 Å². The lowest BCUT2D eigenvalue weighted by atomic mass is 10.2. The normalized spacial score (nSPS) is 11.5. The van der Waals surface area contributed by atoms with Crippen LogP contribution in [-0.4, -0.2) is 23.1 Å². The van der Waals surface area contributed by atoms with Gasteiger partial charge in [-0.05, 0) is 24.6 Å². The molecule has 1 aromatic carbocycles. The first-order chi connectivity index (χ1) is 8.93. The first-order valence-electron chi connectivity index (χ1n) is 5.30. The van der Waals surface area contributed by atoms with Crippen molar-refractivity contribution >= 4 is 40.9 Å². The van der Waals surface area contributed by atoms with E-state index >= 15 is 0 Å². The van der Waals surface area contributed by atoms with Gasteiger partial charge in [0.1, 0.15) is 6.04 Å². The van der Waals surface area contributed by atoms with Crippen LogP contribution in [0.5, 0.6) is 0 Å². The summed E-state index contributed by atoms with van der Waals surface area (Å²) in [6.07, 6.45) is 1.53. The largest absolute Gasteiger partial charge is 0.480 e. The highest BCUT2D eigenvalue weighted by Crippen LogP contribution is 2.25. The third-order valence-corrected chi connectivity index (χ3v) is 2.75. The third kappa shape index (κ3) is 4.81. The summed E-state index contributed by atoms with van der Waals surface area (Å²) in [5.41, 5.74) is 0.300. The highest BCUT2D eigenvalue weighted by molar-refractivity contribution is 6.35. The van der Waals surface area contributed by atoms with Gasteiger partial charge in [0.25, 0.3) is 0 Å². The molecular formula is C12H12Cl2N2O3. The minimum absolute atomic E-state index is 0.117. The zero-order valence-electron chi connectivity index (χ0n) is 9.82. The molecule has 2 amide bonds. The van der Waals surface area contributed by atoms with Crippen LogP contribution in [0.15, 0.2) is 30.9 Å². The van der Waals surface area contributed by atoms with E-state index in [-0.39, 0.29) is 6.42 Å². The highest BCUT2D eigenvalue weighted by atomic mass is 35.5. The second-order valence-electron chi connectivity index (χ2n) is 3.64. The van der Waals surface area contributed by atoms with Gasteiger partial charge in [-0.25, -0.2) is 9.59 Å². The first-order valence-corrected chi connectivity index (χ1v) is 6.06. The fourth-order valence-electron chi connectivity index (χ4n) is 1.30. The molecule has 1 atom stereocenters. The maximum Gasteiger partial charge on any atom is 0.326 e. The van der Waals surface area contributed by atoms with Crippen molar-refractivity contribution in [1.29, 1.82) is 0 Å². The van der Waals surface area contributed by atoms with Crippen molar-refractivity contribution in [1.82, 2.24) is 5.32 Å². The average molecular weight is 303 g/mol. The van der Waals surface area contributed by atoms with E-state index in [9.17, 15) is 9.59 Å². The number of hydrogen-bond donors (Lipinski definition) is 3. The number of rotatable bonds is 5. The number of carboxylic acid groups (broad SMARTS) is 1. The van der Waals surface area contributed by atoms with Gasteiger partial charge in [-0.15, -0.1) is 6.58 Å². The van der Waals surface area contributed by atoms with Crippen LogP contribution in [0.3, 0.4) is 0 Å². The Kier molecular flexibility index (Phi) is 5.66. The molecule has 0 aromatic heterocycles. The van der Waals surface area contributed by atoms with Crippen LogP contribution >= 0.6 is 23.2 Å². The second-order valence-corrected chi connectivity index (χ2v) is 4.48. The summed E-state index contributed by atoms with van der Waals surface area (Å²) in [6, 6.07) is 2.84. The maximum atomic E-state index is 11.6. The Morgan fingerprint density at radius 1 is 1.42 bits per heavy atom. The summed E-state index contributed by atoms with van der Waals surface area (Å²) in [5.74, 6) is -1.15. The summed E-state index contributed by atoms with van der Waals surface area (Å²) < 4.78 is 0. The smallest absolute Gasteiger partial charge is 0.326 e. The molecule has 102 valence electrons. The Morgan fingerprint density at radius 2 is 2.11 bits per heavy atom. The molecule has 3 N–H and O–H groups in total. The monoisotopic (exact) mass is 302 g/mol. The van der Waals surface area contributed by atoms with E-state index in [4.69, 9.17) is 28.3 Å². The molecule has 0 saturated heterocycles. The second kappa shape index (κ2) is 7.01. The number of amides is 2. The number of anilines is 1. The number of urea groups is 1. The minimum atomic E-state index is -1.15. The molecule has 0 bridgehead atoms. The molecule has 1 rings (SSSR count). The number of nitrogens with one attached hydrogen (secondary N) is 2. The fourth-order valence-corrected chi connectivity index (χ4v) is 1.63. The zero-order chi connectivity index (χ0) is 14.4. The van der Waals surface area contributed by atoms with Crippen molar-refractivity contribution in [3.63, 3.8) is 0 Å². The van der Waals surface area contributed by atoms with E-state index in [1.54, 1.807) is 6.07 Å². The predicted molar refractivity (Wildman–Crippen MR) is 74.9 cm³/mol. The van der Waals surface area contributed by atoms with Crippen LogP contribution in [0.2, 0.25) is 10.0 Å². The van der Waals surface area contributed by atoms with E-state index in [0.29, 0.717) is 15.7 Å². The lowest BCUT2D eigenvalue weighted by Crippen LogP contribution is -2.42. The van der Waals surface area contributed by atoms with Crippen LogP contribution < -0.4 is 10.6 Å². The van der Waals surface area contributed by atoms with Crippen molar-refractivity contribution in [2.75, 3.05) is 5.32 Å². The Balaban J connectivity index is 2.71. The van der Waals surface area contributed by atoms with Crippen molar-refractivity contribution in [3.8, 4) is 0 Å². The van der Waals surface area contributed by atoms with Gasteiger partial charge in [0.15, 0.2) is 0 Å². The van der Waals surface area contributed by atoms with Crippen molar-refractivity contribution in [2.24, 2.45) is 0 Å². The summed E-state index contributed by atoms with van der Waals surface area (Å²) in [6.45, 7) is 3.43. The van der Waals surface area contributed by atoms with Gasteiger partial charge in [0.05, 0.1) is 10.7 Å². The van der Waals surface area contributed by atoms with Crippen LogP contribution in [0.25, 0.3) is 0 Å². The molecule has 0 saturated carbocycles. The van der Waals surface area contributed by atoms with Crippen molar-refractivity contribution in [2.45, 2.75) is 12.5 Å². The summed E-state index contributed by atoms with van der Waals surface area (Å²) in [7, 11) is 0. The highest BCUT2D eigenvalue weighted by Gasteiger charge is 2.18. The van der Waals surface area contributed by atoms with Crippen LogP contribution in [0.4, 0.5) is 10.5 Å². The Bertz CT molecular complexity index is 506. The van der Waals surface area contributed by atoms with Crippen LogP contribution in [0.1, 0.15) is 6.42 Å². The molecule has 19 heavy (non-hydrogen) atoms. The van der Waals surface area contributed by atoms with E-state index in [1.165, 1.54) is 18.2 Å². The van der Waals surface area contributed by atoms with Crippen LogP contribution in [-0.2, 0) is 4.79 Å². The van der Waals surface area contributed by atoms with Crippen molar-refractivity contribution in [3.05, 3.63) is 40.9 Å². The van der Waals surface area contributed by atoms with Crippen LogP contribution in [0, 0.1) is 0 Å². The first kappa shape index (κ1) is 15.3. The summed E-state index contributed by atoms with van der Waals surface area (Å²) >= 11 is 11.6. The SMILES string of the molecule is C=CCC(NC(=O)Nc1cc(Cl)ccc1Cl)C(=O)O. The molecule has 1 aromatic rings. The number of hydrogen-bond acceptors (Lipinski definition) is 2. The van der Waals surface area contributed by atoms with Gasteiger partial charge in [-0.3, -0.25) is 0 Å². The molecule has 0 radical (unpaired) electrons. The van der Waals surface area contributed by atoms with E-state index in [1.807, 2.05) is 0 Å².